The highest BCUT2D eigenvalue weighted by Crippen LogP contribution is 2.18. The number of carbonyl (C=O) groups is 1. The fraction of sp³-hybridized carbons (Fsp3) is 0.909. The molecule has 0 aromatic rings. The minimum Gasteiger partial charge on any atom is -0.355 e. The van der Waals surface area contributed by atoms with Crippen molar-refractivity contribution in [2.24, 2.45) is 0 Å². The number of amides is 1. The molecule has 1 amide bonds. The number of nitrogens with one attached hydrogen (secondary N) is 2. The Labute approximate surface area is 85.6 Å². The third kappa shape index (κ3) is 2.47. The molecule has 1 saturated carbocycles. The summed E-state index contributed by atoms with van der Waals surface area (Å²) in [5.41, 5.74) is 0. The molecule has 2 rings (SSSR count). The van der Waals surface area contributed by atoms with Gasteiger partial charge >= 0.3 is 0 Å². The summed E-state index contributed by atoms with van der Waals surface area (Å²) in [6, 6.07) is 0.685. The lowest BCUT2D eigenvalue weighted by molar-refractivity contribution is -0.124. The summed E-state index contributed by atoms with van der Waals surface area (Å²) in [5, 5.41) is 6.42. The Morgan fingerprint density at radius 1 is 1.07 bits per heavy atom. The first-order valence-corrected chi connectivity index (χ1v) is 5.90. The Bertz CT molecular complexity index is 199. The second kappa shape index (κ2) is 4.78. The second-order valence-electron chi connectivity index (χ2n) is 4.49. The molecule has 80 valence electrons. The molecule has 3 nitrogen and oxygen atoms in total. The fourth-order valence-corrected chi connectivity index (χ4v) is 2.48. The molecule has 1 saturated heterocycles. The van der Waals surface area contributed by atoms with E-state index in [1.807, 2.05) is 0 Å². The molecular weight excluding hydrogens is 176 g/mol. The second-order valence-corrected chi connectivity index (χ2v) is 4.49. The minimum atomic E-state index is 0.0897. The molecule has 2 aliphatic rings. The molecule has 1 aliphatic carbocycles. The van der Waals surface area contributed by atoms with Gasteiger partial charge in [0.05, 0.1) is 6.04 Å². The van der Waals surface area contributed by atoms with Crippen LogP contribution in [0, 0.1) is 0 Å². The van der Waals surface area contributed by atoms with Crippen LogP contribution < -0.4 is 10.6 Å². The molecule has 1 aliphatic heterocycles. The van der Waals surface area contributed by atoms with Gasteiger partial charge in [-0.2, -0.15) is 0 Å². The maximum Gasteiger partial charge on any atom is 0.237 e. The van der Waals surface area contributed by atoms with E-state index in [-0.39, 0.29) is 11.9 Å². The summed E-state index contributed by atoms with van der Waals surface area (Å²) < 4.78 is 0. The van der Waals surface area contributed by atoms with Crippen molar-refractivity contribution in [1.82, 2.24) is 10.6 Å². The first-order chi connectivity index (χ1) is 6.86. The molecule has 3 heteroatoms. The fourth-order valence-electron chi connectivity index (χ4n) is 2.48. The van der Waals surface area contributed by atoms with Gasteiger partial charge in [-0.3, -0.25) is 4.79 Å². The molecule has 1 atom stereocenters. The van der Waals surface area contributed by atoms with Crippen molar-refractivity contribution in [3.05, 3.63) is 0 Å². The largest absolute Gasteiger partial charge is 0.355 e. The molecule has 0 aromatic heterocycles. The van der Waals surface area contributed by atoms with Crippen molar-refractivity contribution in [2.45, 2.75) is 57.0 Å². The van der Waals surface area contributed by atoms with E-state index in [0.717, 1.165) is 19.4 Å². The molecule has 2 fully saturated rings. The van der Waals surface area contributed by atoms with Gasteiger partial charge in [-0.05, 0) is 25.7 Å². The van der Waals surface area contributed by atoms with Crippen LogP contribution in [0.1, 0.15) is 44.9 Å². The van der Waals surface area contributed by atoms with Crippen LogP contribution in [0.15, 0.2) is 0 Å². The predicted octanol–water partition coefficient (Wildman–Crippen LogP) is 1.19. The quantitative estimate of drug-likeness (QED) is 0.696. The normalized spacial score (nSPS) is 30.0. The van der Waals surface area contributed by atoms with Crippen LogP contribution in [0.2, 0.25) is 0 Å². The number of hydrogen-bond donors (Lipinski definition) is 2. The van der Waals surface area contributed by atoms with E-state index >= 15 is 0 Å². The molecule has 0 aromatic carbocycles. The summed E-state index contributed by atoms with van der Waals surface area (Å²) in [4.78, 5) is 11.5. The topological polar surface area (TPSA) is 41.1 Å². The summed E-state index contributed by atoms with van der Waals surface area (Å²) in [6.07, 6.45) is 8.67. The number of carbonyl (C=O) groups excluding carboxylic acids is 1. The van der Waals surface area contributed by atoms with Gasteiger partial charge < -0.3 is 10.6 Å². The van der Waals surface area contributed by atoms with E-state index in [0.29, 0.717) is 6.04 Å². The zero-order chi connectivity index (χ0) is 9.80. The minimum absolute atomic E-state index is 0.0897. The van der Waals surface area contributed by atoms with Crippen LogP contribution in [0.4, 0.5) is 0 Å². The standard InChI is InChI=1S/C11H20N2O/c14-11-10(7-4-8-12-11)13-9-5-2-1-3-6-9/h9-10,13H,1-8H2,(H,12,14)/t10-/m0/s1. The van der Waals surface area contributed by atoms with E-state index in [2.05, 4.69) is 10.6 Å². The van der Waals surface area contributed by atoms with E-state index < -0.39 is 0 Å². The number of hydrogen-bond acceptors (Lipinski definition) is 2. The van der Waals surface area contributed by atoms with Crippen molar-refractivity contribution < 1.29 is 4.79 Å². The predicted molar refractivity (Wildman–Crippen MR) is 56.0 cm³/mol. The first kappa shape index (κ1) is 9.97. The third-order valence-electron chi connectivity index (χ3n) is 3.33. The van der Waals surface area contributed by atoms with Gasteiger partial charge in [0.2, 0.25) is 5.91 Å². The van der Waals surface area contributed by atoms with Gasteiger partial charge in [-0.25, -0.2) is 0 Å². The maximum atomic E-state index is 11.5. The lowest BCUT2D eigenvalue weighted by atomic mass is 9.94. The number of piperidine rings is 1. The zero-order valence-corrected chi connectivity index (χ0v) is 8.72. The Morgan fingerprint density at radius 3 is 2.57 bits per heavy atom. The lowest BCUT2D eigenvalue weighted by Crippen LogP contribution is -2.51. The third-order valence-corrected chi connectivity index (χ3v) is 3.33. The van der Waals surface area contributed by atoms with Gasteiger partial charge in [0.25, 0.3) is 0 Å². The van der Waals surface area contributed by atoms with E-state index in [4.69, 9.17) is 0 Å². The Balaban J connectivity index is 1.79. The highest BCUT2D eigenvalue weighted by atomic mass is 16.2. The molecule has 14 heavy (non-hydrogen) atoms. The lowest BCUT2D eigenvalue weighted by Gasteiger charge is -2.30. The van der Waals surface area contributed by atoms with E-state index in [9.17, 15) is 4.79 Å². The van der Waals surface area contributed by atoms with Crippen molar-refractivity contribution in [2.75, 3.05) is 6.54 Å². The Hall–Kier alpha value is -0.570. The molecule has 2 N–H and O–H groups in total. The zero-order valence-electron chi connectivity index (χ0n) is 8.72. The summed E-state index contributed by atoms with van der Waals surface area (Å²) in [6.45, 7) is 0.863. The molecule has 0 radical (unpaired) electrons. The van der Waals surface area contributed by atoms with Gasteiger partial charge in [-0.1, -0.05) is 19.3 Å². The smallest absolute Gasteiger partial charge is 0.237 e. The van der Waals surface area contributed by atoms with Crippen molar-refractivity contribution in [3.8, 4) is 0 Å². The number of rotatable bonds is 2. The maximum absolute atomic E-state index is 11.5. The van der Waals surface area contributed by atoms with E-state index in [1.54, 1.807) is 0 Å². The van der Waals surface area contributed by atoms with Crippen LogP contribution >= 0.6 is 0 Å². The summed E-state index contributed by atoms with van der Waals surface area (Å²) >= 11 is 0. The molecule has 0 bridgehead atoms. The van der Waals surface area contributed by atoms with Crippen LogP contribution in [-0.4, -0.2) is 24.5 Å². The SMILES string of the molecule is O=C1NCCC[C@@H]1NC1CCCCC1. The summed E-state index contributed by atoms with van der Waals surface area (Å²) in [5.74, 6) is 0.210. The van der Waals surface area contributed by atoms with Gasteiger partial charge in [-0.15, -0.1) is 0 Å². The average Bonchev–Trinajstić information content (AvgIpc) is 2.23. The van der Waals surface area contributed by atoms with Crippen molar-refractivity contribution in [3.63, 3.8) is 0 Å². The molecule has 0 spiro atoms. The van der Waals surface area contributed by atoms with Crippen LogP contribution in [0.5, 0.6) is 0 Å². The highest BCUT2D eigenvalue weighted by molar-refractivity contribution is 5.82. The Morgan fingerprint density at radius 2 is 1.86 bits per heavy atom. The van der Waals surface area contributed by atoms with Crippen molar-refractivity contribution in [1.29, 1.82) is 0 Å². The van der Waals surface area contributed by atoms with Gasteiger partial charge in [0.15, 0.2) is 0 Å². The highest BCUT2D eigenvalue weighted by Gasteiger charge is 2.25. The van der Waals surface area contributed by atoms with Crippen LogP contribution in [0.3, 0.4) is 0 Å². The van der Waals surface area contributed by atoms with E-state index in [1.165, 1.54) is 32.1 Å². The Kier molecular flexibility index (Phi) is 3.40. The average molecular weight is 196 g/mol. The molecule has 1 heterocycles. The van der Waals surface area contributed by atoms with Crippen LogP contribution in [0.25, 0.3) is 0 Å². The monoisotopic (exact) mass is 196 g/mol. The summed E-state index contributed by atoms with van der Waals surface area (Å²) in [7, 11) is 0. The van der Waals surface area contributed by atoms with Crippen LogP contribution in [-0.2, 0) is 4.79 Å². The van der Waals surface area contributed by atoms with Crippen molar-refractivity contribution >= 4 is 5.91 Å². The van der Waals surface area contributed by atoms with Gasteiger partial charge in [0.1, 0.15) is 0 Å². The first-order valence-electron chi connectivity index (χ1n) is 5.90. The molecule has 0 unspecified atom stereocenters. The van der Waals surface area contributed by atoms with Gasteiger partial charge in [0, 0.05) is 12.6 Å². The molecular formula is C11H20N2O.